The molecule has 0 atom stereocenters. The van der Waals surface area contributed by atoms with Crippen LogP contribution in [-0.2, 0) is 9.53 Å². The minimum atomic E-state index is -0.0901. The highest BCUT2D eigenvalue weighted by molar-refractivity contribution is 7.98. The number of hydrogen-bond donors (Lipinski definition) is 0. The van der Waals surface area contributed by atoms with E-state index >= 15 is 0 Å². The first-order valence-electron chi connectivity index (χ1n) is 5.32. The molecule has 0 aliphatic heterocycles. The molecule has 2 nitrogen and oxygen atoms in total. The van der Waals surface area contributed by atoms with Gasteiger partial charge < -0.3 is 4.74 Å². The second-order valence-corrected chi connectivity index (χ2v) is 5.06. The Morgan fingerprint density at radius 2 is 2.14 bits per heavy atom. The molecule has 1 saturated carbocycles. The third-order valence-electron chi connectivity index (χ3n) is 3.18. The molecular formula is C11H20O2S. The Hall–Kier alpha value is -0.180. The molecule has 0 unspecified atom stereocenters. The first-order chi connectivity index (χ1) is 6.75. The fourth-order valence-electron chi connectivity index (χ4n) is 2.09. The average molecular weight is 216 g/mol. The Labute approximate surface area is 90.8 Å². The van der Waals surface area contributed by atoms with Crippen molar-refractivity contribution in [1.29, 1.82) is 0 Å². The number of carbonyl (C=O) groups excluding carboxylic acids is 1. The predicted molar refractivity (Wildman–Crippen MR) is 60.5 cm³/mol. The van der Waals surface area contributed by atoms with Crippen molar-refractivity contribution in [2.45, 2.75) is 38.5 Å². The van der Waals surface area contributed by atoms with Gasteiger partial charge in [-0.25, -0.2) is 0 Å². The number of rotatable bonds is 6. The topological polar surface area (TPSA) is 26.3 Å². The molecule has 0 amide bonds. The maximum atomic E-state index is 11.6. The van der Waals surface area contributed by atoms with E-state index in [0.29, 0.717) is 0 Å². The molecule has 0 heterocycles. The normalized spacial score (nSPS) is 18.7. The van der Waals surface area contributed by atoms with Crippen LogP contribution in [0.3, 0.4) is 0 Å². The summed E-state index contributed by atoms with van der Waals surface area (Å²) in [5.74, 6) is 1.23. The lowest BCUT2D eigenvalue weighted by Gasteiger charge is -2.38. The summed E-state index contributed by atoms with van der Waals surface area (Å²) in [4.78, 5) is 11.6. The van der Waals surface area contributed by atoms with Crippen LogP contribution < -0.4 is 0 Å². The maximum absolute atomic E-state index is 11.6. The second-order valence-electron chi connectivity index (χ2n) is 4.08. The summed E-state index contributed by atoms with van der Waals surface area (Å²) in [5, 5.41) is 0. The average Bonchev–Trinajstić information content (AvgIpc) is 2.14. The Kier molecular flexibility index (Phi) is 4.79. The lowest BCUT2D eigenvalue weighted by atomic mass is 9.66. The fourth-order valence-corrected chi connectivity index (χ4v) is 2.58. The van der Waals surface area contributed by atoms with Crippen LogP contribution in [0.1, 0.15) is 38.5 Å². The number of unbranched alkanes of at least 4 members (excludes halogenated alkanes) is 1. The van der Waals surface area contributed by atoms with E-state index in [0.717, 1.165) is 25.7 Å². The fraction of sp³-hybridized carbons (Fsp3) is 0.909. The van der Waals surface area contributed by atoms with Crippen LogP contribution in [0.4, 0.5) is 0 Å². The molecule has 3 heteroatoms. The van der Waals surface area contributed by atoms with Crippen molar-refractivity contribution < 1.29 is 9.53 Å². The molecule has 1 aliphatic carbocycles. The lowest BCUT2D eigenvalue weighted by molar-refractivity contribution is -0.159. The van der Waals surface area contributed by atoms with Gasteiger partial charge in [-0.05, 0) is 37.7 Å². The monoisotopic (exact) mass is 216 g/mol. The van der Waals surface area contributed by atoms with Crippen molar-refractivity contribution in [2.75, 3.05) is 19.1 Å². The first-order valence-corrected chi connectivity index (χ1v) is 6.72. The molecule has 82 valence electrons. The van der Waals surface area contributed by atoms with Crippen LogP contribution in [0.2, 0.25) is 0 Å². The summed E-state index contributed by atoms with van der Waals surface area (Å²) in [6.07, 6.45) is 8.81. The minimum absolute atomic E-state index is 0.0212. The highest BCUT2D eigenvalue weighted by atomic mass is 32.2. The molecule has 0 bridgehead atoms. The van der Waals surface area contributed by atoms with Crippen LogP contribution in [-0.4, -0.2) is 25.1 Å². The van der Waals surface area contributed by atoms with Gasteiger partial charge in [0.15, 0.2) is 0 Å². The van der Waals surface area contributed by atoms with Gasteiger partial charge in [-0.3, -0.25) is 4.79 Å². The van der Waals surface area contributed by atoms with Gasteiger partial charge in [-0.2, -0.15) is 11.8 Å². The Morgan fingerprint density at radius 1 is 1.43 bits per heavy atom. The first kappa shape index (κ1) is 11.9. The number of methoxy groups -OCH3 is 1. The van der Waals surface area contributed by atoms with E-state index < -0.39 is 0 Å². The van der Waals surface area contributed by atoms with Gasteiger partial charge in [0.1, 0.15) is 0 Å². The summed E-state index contributed by atoms with van der Waals surface area (Å²) < 4.78 is 4.87. The number of ether oxygens (including phenoxy) is 1. The van der Waals surface area contributed by atoms with Gasteiger partial charge >= 0.3 is 5.97 Å². The quantitative estimate of drug-likeness (QED) is 0.504. The Balaban J connectivity index is 2.27. The van der Waals surface area contributed by atoms with Crippen LogP contribution in [0.15, 0.2) is 0 Å². The molecule has 1 fully saturated rings. The van der Waals surface area contributed by atoms with Crippen molar-refractivity contribution in [3.63, 3.8) is 0 Å². The zero-order valence-electron chi connectivity index (χ0n) is 9.17. The summed E-state index contributed by atoms with van der Waals surface area (Å²) in [6, 6.07) is 0. The number of esters is 1. The molecule has 0 radical (unpaired) electrons. The summed E-state index contributed by atoms with van der Waals surface area (Å²) in [6.45, 7) is 0. The highest BCUT2D eigenvalue weighted by Gasteiger charge is 2.44. The smallest absolute Gasteiger partial charge is 0.311 e. The van der Waals surface area contributed by atoms with Crippen LogP contribution in [0, 0.1) is 5.41 Å². The molecule has 0 spiro atoms. The molecule has 0 N–H and O–H groups in total. The maximum Gasteiger partial charge on any atom is 0.311 e. The second kappa shape index (κ2) is 5.64. The standard InChI is InChI=1S/C11H20O2S/c1-13-10(12)11(7-5-8-11)6-3-4-9-14-2/h3-9H2,1-2H3. The number of thioether (sulfide) groups is 1. The number of carbonyl (C=O) groups is 1. The van der Waals surface area contributed by atoms with Crippen molar-refractivity contribution in [3.05, 3.63) is 0 Å². The molecule has 0 aromatic heterocycles. The van der Waals surface area contributed by atoms with Gasteiger partial charge in [0, 0.05) is 0 Å². The molecule has 0 saturated heterocycles. The molecule has 0 aromatic rings. The third-order valence-corrected chi connectivity index (χ3v) is 3.88. The van der Waals surface area contributed by atoms with Crippen molar-refractivity contribution >= 4 is 17.7 Å². The molecular weight excluding hydrogens is 196 g/mol. The van der Waals surface area contributed by atoms with Gasteiger partial charge in [0.05, 0.1) is 12.5 Å². The van der Waals surface area contributed by atoms with Gasteiger partial charge in [-0.1, -0.05) is 12.8 Å². The zero-order valence-corrected chi connectivity index (χ0v) is 9.99. The van der Waals surface area contributed by atoms with Crippen molar-refractivity contribution in [1.82, 2.24) is 0 Å². The molecule has 14 heavy (non-hydrogen) atoms. The summed E-state index contributed by atoms with van der Waals surface area (Å²) >= 11 is 1.88. The molecule has 1 aliphatic rings. The van der Waals surface area contributed by atoms with E-state index in [1.807, 2.05) is 11.8 Å². The van der Waals surface area contributed by atoms with Crippen molar-refractivity contribution in [2.24, 2.45) is 5.41 Å². The minimum Gasteiger partial charge on any atom is -0.469 e. The number of hydrogen-bond acceptors (Lipinski definition) is 3. The van der Waals surface area contributed by atoms with Gasteiger partial charge in [0.2, 0.25) is 0 Å². The summed E-state index contributed by atoms with van der Waals surface area (Å²) in [5.41, 5.74) is -0.0901. The van der Waals surface area contributed by atoms with Crippen LogP contribution in [0.5, 0.6) is 0 Å². The van der Waals surface area contributed by atoms with Gasteiger partial charge in [0.25, 0.3) is 0 Å². The highest BCUT2D eigenvalue weighted by Crippen LogP contribution is 2.46. The van der Waals surface area contributed by atoms with E-state index in [9.17, 15) is 4.79 Å². The SMILES string of the molecule is COC(=O)C1(CCCCSC)CCC1. The Morgan fingerprint density at radius 3 is 2.57 bits per heavy atom. The van der Waals surface area contributed by atoms with E-state index in [4.69, 9.17) is 4.74 Å². The third kappa shape index (κ3) is 2.66. The Bertz CT molecular complexity index is 188. The molecule has 1 rings (SSSR count). The summed E-state index contributed by atoms with van der Waals surface area (Å²) in [7, 11) is 1.50. The lowest BCUT2D eigenvalue weighted by Crippen LogP contribution is -2.38. The van der Waals surface area contributed by atoms with E-state index in [1.54, 1.807) is 0 Å². The van der Waals surface area contributed by atoms with E-state index in [2.05, 4.69) is 6.26 Å². The van der Waals surface area contributed by atoms with Crippen molar-refractivity contribution in [3.8, 4) is 0 Å². The van der Waals surface area contributed by atoms with Crippen LogP contribution >= 0.6 is 11.8 Å². The van der Waals surface area contributed by atoms with E-state index in [-0.39, 0.29) is 11.4 Å². The molecule has 0 aromatic carbocycles. The zero-order chi connectivity index (χ0) is 10.4. The van der Waals surface area contributed by atoms with Crippen LogP contribution in [0.25, 0.3) is 0 Å². The predicted octanol–water partition coefficient (Wildman–Crippen LogP) is 2.86. The largest absolute Gasteiger partial charge is 0.469 e. The van der Waals surface area contributed by atoms with Gasteiger partial charge in [-0.15, -0.1) is 0 Å². The van der Waals surface area contributed by atoms with E-state index in [1.165, 1.54) is 25.7 Å².